The van der Waals surface area contributed by atoms with Gasteiger partial charge in [-0.2, -0.15) is 0 Å². The molecule has 2 heterocycles. The highest BCUT2D eigenvalue weighted by molar-refractivity contribution is 14.0. The van der Waals surface area contributed by atoms with Crippen molar-refractivity contribution >= 4 is 35.6 Å². The summed E-state index contributed by atoms with van der Waals surface area (Å²) in [6, 6.07) is 7.84. The number of benzene rings is 1. The van der Waals surface area contributed by atoms with E-state index in [1.54, 1.807) is 12.1 Å². The summed E-state index contributed by atoms with van der Waals surface area (Å²) < 4.78 is 19.7. The Morgan fingerprint density at radius 2 is 1.97 bits per heavy atom. The first kappa shape index (κ1) is 23.1. The van der Waals surface area contributed by atoms with Crippen LogP contribution < -0.4 is 15.5 Å². The molecule has 0 bridgehead atoms. The molecule has 5 nitrogen and oxygen atoms in total. The Balaban J connectivity index is 0.00000231. The van der Waals surface area contributed by atoms with Crippen LogP contribution in [0.5, 0.6) is 0 Å². The molecule has 172 valence electrons. The van der Waals surface area contributed by atoms with Gasteiger partial charge >= 0.3 is 0 Å². The Kier molecular flexibility index (Phi) is 7.30. The third kappa shape index (κ3) is 4.41. The van der Waals surface area contributed by atoms with Gasteiger partial charge in [0.15, 0.2) is 5.96 Å². The fourth-order valence-electron chi connectivity index (χ4n) is 6.49. The van der Waals surface area contributed by atoms with Crippen molar-refractivity contribution in [2.45, 2.75) is 70.1 Å². The summed E-state index contributed by atoms with van der Waals surface area (Å²) >= 11 is 0. The number of nitrogens with one attached hydrogen (secondary N) is 2. The average Bonchev–Trinajstić information content (AvgIpc) is 3.42. The zero-order valence-electron chi connectivity index (χ0n) is 18.5. The maximum atomic E-state index is 13.6. The fraction of sp³-hybridized carbons (Fsp3) is 0.708. The van der Waals surface area contributed by atoms with Gasteiger partial charge in [-0.15, -0.1) is 24.0 Å². The van der Waals surface area contributed by atoms with Crippen molar-refractivity contribution in [3.63, 3.8) is 0 Å². The van der Waals surface area contributed by atoms with Gasteiger partial charge in [-0.25, -0.2) is 4.39 Å². The Morgan fingerprint density at radius 3 is 2.68 bits per heavy atom. The standard InChI is InChI=1S/C24H35FN4O.HI/c1-2-26-23(28-21-20-10-15-30-22(20)24(21)11-3-4-12-24)27-18-8-13-29(14-9-18)19-7-5-6-17(25)16-19;/h5-7,16,18,20-22H,2-4,8-15H2,1H3,(H2,26,27,28);1H. The molecule has 2 aliphatic carbocycles. The highest BCUT2D eigenvalue weighted by atomic mass is 127. The summed E-state index contributed by atoms with van der Waals surface area (Å²) in [4.78, 5) is 7.07. The minimum atomic E-state index is -0.162. The average molecular weight is 542 g/mol. The number of fused-ring (bicyclic) bond motifs is 2. The highest BCUT2D eigenvalue weighted by Crippen LogP contribution is 2.60. The molecule has 31 heavy (non-hydrogen) atoms. The first-order valence-electron chi connectivity index (χ1n) is 11.9. The van der Waals surface area contributed by atoms with Gasteiger partial charge in [-0.1, -0.05) is 18.9 Å². The third-order valence-electron chi connectivity index (χ3n) is 7.90. The van der Waals surface area contributed by atoms with E-state index in [0.717, 1.165) is 50.7 Å². The first-order chi connectivity index (χ1) is 14.7. The lowest BCUT2D eigenvalue weighted by atomic mass is 9.54. The van der Waals surface area contributed by atoms with E-state index >= 15 is 0 Å². The first-order valence-corrected chi connectivity index (χ1v) is 11.9. The number of aliphatic imine (C=N–C) groups is 1. The molecule has 4 fully saturated rings. The number of anilines is 1. The minimum Gasteiger partial charge on any atom is -0.377 e. The monoisotopic (exact) mass is 542 g/mol. The number of ether oxygens (including phenoxy) is 1. The predicted octanol–water partition coefficient (Wildman–Crippen LogP) is 4.32. The predicted molar refractivity (Wildman–Crippen MR) is 134 cm³/mol. The fourth-order valence-corrected chi connectivity index (χ4v) is 6.49. The van der Waals surface area contributed by atoms with E-state index in [2.05, 4.69) is 22.5 Å². The Labute approximate surface area is 202 Å². The lowest BCUT2D eigenvalue weighted by molar-refractivity contribution is -0.125. The smallest absolute Gasteiger partial charge is 0.191 e. The zero-order valence-corrected chi connectivity index (χ0v) is 20.8. The van der Waals surface area contributed by atoms with Crippen molar-refractivity contribution < 1.29 is 9.13 Å². The van der Waals surface area contributed by atoms with Crippen LogP contribution in [-0.2, 0) is 4.74 Å². The molecule has 7 heteroatoms. The molecule has 2 aliphatic heterocycles. The van der Waals surface area contributed by atoms with Gasteiger partial charge in [0.05, 0.1) is 6.10 Å². The van der Waals surface area contributed by atoms with Crippen LogP contribution in [0.15, 0.2) is 29.3 Å². The van der Waals surface area contributed by atoms with Gasteiger partial charge in [0, 0.05) is 55.3 Å². The second kappa shape index (κ2) is 9.81. The third-order valence-corrected chi connectivity index (χ3v) is 7.90. The number of piperidine rings is 1. The number of guanidine groups is 1. The van der Waals surface area contributed by atoms with Gasteiger partial charge in [0.2, 0.25) is 0 Å². The van der Waals surface area contributed by atoms with Gasteiger partial charge in [0.25, 0.3) is 0 Å². The van der Waals surface area contributed by atoms with Gasteiger partial charge < -0.3 is 20.3 Å². The molecular formula is C24H36FIN4O. The number of nitrogens with zero attached hydrogens (tertiary/aromatic N) is 2. The van der Waals surface area contributed by atoms with Crippen LogP contribution in [0.25, 0.3) is 0 Å². The highest BCUT2D eigenvalue weighted by Gasteiger charge is 2.65. The van der Waals surface area contributed by atoms with Crippen LogP contribution in [-0.4, -0.2) is 50.4 Å². The van der Waals surface area contributed by atoms with Crippen molar-refractivity contribution in [2.75, 3.05) is 31.1 Å². The number of hydrogen-bond acceptors (Lipinski definition) is 3. The molecule has 0 radical (unpaired) electrons. The molecule has 1 spiro atoms. The van der Waals surface area contributed by atoms with E-state index in [1.807, 2.05) is 6.07 Å². The lowest BCUT2D eigenvalue weighted by Gasteiger charge is -2.57. The maximum absolute atomic E-state index is 13.6. The summed E-state index contributed by atoms with van der Waals surface area (Å²) in [5, 5.41) is 7.57. The largest absolute Gasteiger partial charge is 0.377 e. The van der Waals surface area contributed by atoms with Gasteiger partial charge in [-0.3, -0.25) is 4.99 Å². The van der Waals surface area contributed by atoms with E-state index < -0.39 is 0 Å². The molecule has 0 amide bonds. The topological polar surface area (TPSA) is 48.9 Å². The number of hydrogen-bond donors (Lipinski definition) is 2. The molecular weight excluding hydrogens is 506 g/mol. The summed E-state index contributed by atoms with van der Waals surface area (Å²) in [7, 11) is 0. The van der Waals surface area contributed by atoms with E-state index in [-0.39, 0.29) is 29.8 Å². The molecule has 1 aromatic rings. The van der Waals surface area contributed by atoms with Crippen LogP contribution >= 0.6 is 24.0 Å². The Bertz CT molecular complexity index is 777. The molecule has 2 saturated heterocycles. The van der Waals surface area contributed by atoms with E-state index in [0.29, 0.717) is 29.5 Å². The number of halogens is 2. The van der Waals surface area contributed by atoms with Crippen LogP contribution in [0, 0.1) is 17.2 Å². The quantitative estimate of drug-likeness (QED) is 0.338. The molecule has 3 atom stereocenters. The normalized spacial score (nSPS) is 29.9. The van der Waals surface area contributed by atoms with Crippen LogP contribution in [0.1, 0.15) is 51.9 Å². The molecule has 3 unspecified atom stereocenters. The van der Waals surface area contributed by atoms with Crippen molar-refractivity contribution in [1.29, 1.82) is 0 Å². The van der Waals surface area contributed by atoms with E-state index in [1.165, 1.54) is 38.2 Å². The van der Waals surface area contributed by atoms with Crippen LogP contribution in [0.3, 0.4) is 0 Å². The maximum Gasteiger partial charge on any atom is 0.191 e. The van der Waals surface area contributed by atoms with Gasteiger partial charge in [0.1, 0.15) is 5.82 Å². The number of rotatable bonds is 4. The summed E-state index contributed by atoms with van der Waals surface area (Å²) in [5.74, 6) is 1.45. The van der Waals surface area contributed by atoms with Crippen LogP contribution in [0.4, 0.5) is 10.1 Å². The van der Waals surface area contributed by atoms with Crippen molar-refractivity contribution in [2.24, 2.45) is 16.3 Å². The molecule has 1 aromatic carbocycles. The Morgan fingerprint density at radius 1 is 1.19 bits per heavy atom. The minimum absolute atomic E-state index is 0. The van der Waals surface area contributed by atoms with E-state index in [9.17, 15) is 4.39 Å². The second-order valence-corrected chi connectivity index (χ2v) is 9.51. The van der Waals surface area contributed by atoms with E-state index in [4.69, 9.17) is 9.73 Å². The van der Waals surface area contributed by atoms with Crippen molar-refractivity contribution in [1.82, 2.24) is 10.6 Å². The molecule has 4 aliphatic rings. The summed E-state index contributed by atoms with van der Waals surface area (Å²) in [6.45, 7) is 5.67. The zero-order chi connectivity index (χ0) is 20.6. The summed E-state index contributed by atoms with van der Waals surface area (Å²) in [5.41, 5.74) is 1.32. The van der Waals surface area contributed by atoms with Gasteiger partial charge in [-0.05, 0) is 57.2 Å². The lowest BCUT2D eigenvalue weighted by Crippen LogP contribution is -2.69. The SMILES string of the molecule is CCN=C(NC1CCN(c2cccc(F)c2)CC1)NC1C2CCOC2C12CCCC2.I. The molecule has 2 N–H and O–H groups in total. The molecule has 5 rings (SSSR count). The van der Waals surface area contributed by atoms with Crippen LogP contribution in [0.2, 0.25) is 0 Å². The second-order valence-electron chi connectivity index (χ2n) is 9.51. The van der Waals surface area contributed by atoms with Crippen molar-refractivity contribution in [3.05, 3.63) is 30.1 Å². The molecule has 0 aromatic heterocycles. The Hall–Kier alpha value is -1.09. The summed E-state index contributed by atoms with van der Waals surface area (Å²) in [6.07, 6.45) is 8.95. The molecule has 2 saturated carbocycles. The van der Waals surface area contributed by atoms with Crippen molar-refractivity contribution in [3.8, 4) is 0 Å².